The topological polar surface area (TPSA) is 71.8 Å². The molecule has 0 spiro atoms. The number of allylic oxidation sites excluding steroid dienone is 2. The monoisotopic (exact) mass is 514 g/mol. The molecule has 1 saturated heterocycles. The van der Waals surface area contributed by atoms with Gasteiger partial charge in [0.25, 0.3) is 5.56 Å². The second-order valence-corrected chi connectivity index (χ2v) is 10.1. The quantitative estimate of drug-likeness (QED) is 0.397. The van der Waals surface area contributed by atoms with E-state index >= 15 is 0 Å². The summed E-state index contributed by atoms with van der Waals surface area (Å²) in [4.78, 5) is 26.8. The molecule has 3 rings (SSSR count). The molecule has 0 saturated carbocycles. The van der Waals surface area contributed by atoms with Crippen molar-refractivity contribution in [1.29, 1.82) is 0 Å². The molecule has 0 aliphatic carbocycles. The van der Waals surface area contributed by atoms with Crippen molar-refractivity contribution in [3.05, 3.63) is 93.9 Å². The van der Waals surface area contributed by atoms with E-state index in [0.29, 0.717) is 29.5 Å². The van der Waals surface area contributed by atoms with E-state index in [1.165, 1.54) is 12.1 Å². The highest BCUT2D eigenvalue weighted by molar-refractivity contribution is 5.70. The number of halogens is 2. The lowest BCUT2D eigenvalue weighted by molar-refractivity contribution is -0.0989. The first-order valence-corrected chi connectivity index (χ1v) is 12.6. The predicted octanol–water partition coefficient (Wildman–Crippen LogP) is 5.97. The molecule has 1 aliphatic rings. The molecular weight excluding hydrogens is 478 g/mol. The number of aromatic nitrogens is 1. The molecule has 37 heavy (non-hydrogen) atoms. The lowest BCUT2D eigenvalue weighted by Crippen LogP contribution is -2.53. The van der Waals surface area contributed by atoms with E-state index in [1.807, 2.05) is 62.4 Å². The van der Waals surface area contributed by atoms with Gasteiger partial charge in [-0.05, 0) is 56.4 Å². The third kappa shape index (κ3) is 7.16. The number of hydrogen-bond donors (Lipinski definition) is 1. The number of pyridine rings is 1. The van der Waals surface area contributed by atoms with Crippen LogP contribution in [0.2, 0.25) is 0 Å². The highest BCUT2D eigenvalue weighted by Crippen LogP contribution is 2.41. The fourth-order valence-corrected chi connectivity index (χ4v) is 4.83. The molecule has 2 atom stereocenters. The summed E-state index contributed by atoms with van der Waals surface area (Å²) >= 11 is 0. The average molecular weight is 515 g/mol. The SMILES string of the molecule is CC/C=C(\C=C/Cc1ccn(C(F)F)c(=O)c1)[C@H](C)N1CC[C@](CC(C)(C)O)(c2ccccc2)OC1=O. The Labute approximate surface area is 216 Å². The number of benzene rings is 1. The summed E-state index contributed by atoms with van der Waals surface area (Å²) in [6.45, 7) is 4.94. The van der Waals surface area contributed by atoms with Gasteiger partial charge in [-0.2, -0.15) is 8.78 Å². The van der Waals surface area contributed by atoms with E-state index in [1.54, 1.807) is 18.7 Å². The van der Waals surface area contributed by atoms with Crippen LogP contribution in [0.3, 0.4) is 0 Å². The first-order valence-electron chi connectivity index (χ1n) is 12.6. The standard InChI is InChI=1S/C29H36F2N2O4/c1-5-10-23(12-9-11-22-15-17-33(26(30)31)25(34)19-22)21(2)32-18-16-29(37-27(32)35,20-28(3,4)36)24-13-7-6-8-14-24/h6-10,12-15,17,19,21,26,36H,5,11,16,18,20H2,1-4H3/b12-9-,23-10+/t21-,29-/m0/s1. The number of ether oxygens (including phenoxy) is 1. The number of carbonyl (C=O) groups excluding carboxylic acids is 1. The summed E-state index contributed by atoms with van der Waals surface area (Å²) in [6.07, 6.45) is 8.38. The zero-order chi connectivity index (χ0) is 27.2. The second-order valence-electron chi connectivity index (χ2n) is 10.1. The molecule has 1 aliphatic heterocycles. The van der Waals surface area contributed by atoms with Gasteiger partial charge in [0.1, 0.15) is 5.60 Å². The highest BCUT2D eigenvalue weighted by Gasteiger charge is 2.46. The van der Waals surface area contributed by atoms with E-state index < -0.39 is 29.4 Å². The van der Waals surface area contributed by atoms with Crippen LogP contribution < -0.4 is 5.56 Å². The van der Waals surface area contributed by atoms with Gasteiger partial charge in [0.05, 0.1) is 11.6 Å². The van der Waals surface area contributed by atoms with E-state index in [2.05, 4.69) is 0 Å². The number of hydrogen-bond acceptors (Lipinski definition) is 4. The van der Waals surface area contributed by atoms with Gasteiger partial charge in [0, 0.05) is 31.6 Å². The molecule has 1 aromatic carbocycles. The summed E-state index contributed by atoms with van der Waals surface area (Å²) in [7, 11) is 0. The molecular formula is C29H36F2N2O4. The second kappa shape index (κ2) is 11.9. The maximum absolute atomic E-state index is 13.3. The molecule has 2 heterocycles. The van der Waals surface area contributed by atoms with Crippen LogP contribution in [0.15, 0.2) is 77.3 Å². The highest BCUT2D eigenvalue weighted by atomic mass is 19.3. The summed E-state index contributed by atoms with van der Waals surface area (Å²) in [5.74, 6) is 0. The smallest absolute Gasteiger partial charge is 0.411 e. The minimum atomic E-state index is -2.87. The van der Waals surface area contributed by atoms with Gasteiger partial charge in [-0.1, -0.05) is 55.5 Å². The van der Waals surface area contributed by atoms with Crippen molar-refractivity contribution in [2.45, 2.75) is 77.2 Å². The van der Waals surface area contributed by atoms with Crippen molar-refractivity contribution < 1.29 is 23.4 Å². The Balaban J connectivity index is 1.76. The molecule has 1 amide bonds. The summed E-state index contributed by atoms with van der Waals surface area (Å²) in [5.41, 5.74) is -0.308. The van der Waals surface area contributed by atoms with Gasteiger partial charge in [-0.3, -0.25) is 9.36 Å². The van der Waals surface area contributed by atoms with Crippen molar-refractivity contribution in [2.24, 2.45) is 0 Å². The van der Waals surface area contributed by atoms with Crippen LogP contribution in [0, 0.1) is 0 Å². The fourth-order valence-electron chi connectivity index (χ4n) is 4.83. The van der Waals surface area contributed by atoms with Crippen molar-refractivity contribution in [1.82, 2.24) is 9.47 Å². The number of alkyl halides is 2. The molecule has 0 unspecified atom stereocenters. The minimum absolute atomic E-state index is 0.272. The Hall–Kier alpha value is -3.26. The number of aliphatic hydroxyl groups is 1. The Morgan fingerprint density at radius 2 is 1.92 bits per heavy atom. The van der Waals surface area contributed by atoms with Crippen LogP contribution in [-0.4, -0.2) is 38.9 Å². The molecule has 0 radical (unpaired) electrons. The van der Waals surface area contributed by atoms with E-state index in [-0.39, 0.29) is 12.5 Å². The molecule has 1 N–H and O–H groups in total. The van der Waals surface area contributed by atoms with E-state index in [4.69, 9.17) is 4.74 Å². The third-order valence-corrected chi connectivity index (χ3v) is 6.57. The summed E-state index contributed by atoms with van der Waals surface area (Å²) in [5, 5.41) is 10.6. The molecule has 2 aromatic rings. The van der Waals surface area contributed by atoms with Crippen LogP contribution in [-0.2, 0) is 16.8 Å². The van der Waals surface area contributed by atoms with Crippen LogP contribution in [0.4, 0.5) is 13.6 Å². The largest absolute Gasteiger partial charge is 0.438 e. The lowest BCUT2D eigenvalue weighted by Gasteiger charge is -2.45. The first kappa shape index (κ1) is 28.3. The number of cyclic esters (lactones) is 1. The molecule has 6 nitrogen and oxygen atoms in total. The Bertz CT molecular complexity index is 1180. The third-order valence-electron chi connectivity index (χ3n) is 6.57. The number of carbonyl (C=O) groups is 1. The van der Waals surface area contributed by atoms with Crippen molar-refractivity contribution >= 4 is 6.09 Å². The maximum atomic E-state index is 13.3. The maximum Gasteiger partial charge on any atom is 0.411 e. The van der Waals surface area contributed by atoms with Gasteiger partial charge < -0.3 is 14.7 Å². The lowest BCUT2D eigenvalue weighted by atomic mass is 9.80. The molecule has 8 heteroatoms. The van der Waals surface area contributed by atoms with Gasteiger partial charge in [0.15, 0.2) is 0 Å². The number of amides is 1. The van der Waals surface area contributed by atoms with Crippen LogP contribution in [0.25, 0.3) is 0 Å². The van der Waals surface area contributed by atoms with Crippen LogP contribution in [0.5, 0.6) is 0 Å². The molecule has 1 fully saturated rings. The Kier molecular flexibility index (Phi) is 9.07. The summed E-state index contributed by atoms with van der Waals surface area (Å²) in [6, 6.07) is 12.0. The van der Waals surface area contributed by atoms with Gasteiger partial charge in [0.2, 0.25) is 0 Å². The average Bonchev–Trinajstić information content (AvgIpc) is 2.82. The zero-order valence-corrected chi connectivity index (χ0v) is 21.9. The Morgan fingerprint density at radius 3 is 2.49 bits per heavy atom. The molecule has 0 bridgehead atoms. The van der Waals surface area contributed by atoms with E-state index in [9.17, 15) is 23.5 Å². The van der Waals surface area contributed by atoms with Crippen LogP contribution in [0.1, 0.15) is 64.6 Å². The van der Waals surface area contributed by atoms with Gasteiger partial charge >= 0.3 is 12.6 Å². The van der Waals surface area contributed by atoms with Gasteiger partial charge in [-0.25, -0.2) is 4.79 Å². The van der Waals surface area contributed by atoms with Crippen LogP contribution >= 0.6 is 0 Å². The Morgan fingerprint density at radius 1 is 1.22 bits per heavy atom. The fraction of sp³-hybridized carbons (Fsp3) is 0.448. The molecule has 200 valence electrons. The first-order chi connectivity index (χ1) is 17.5. The predicted molar refractivity (Wildman–Crippen MR) is 139 cm³/mol. The zero-order valence-electron chi connectivity index (χ0n) is 21.9. The van der Waals surface area contributed by atoms with Crippen molar-refractivity contribution in [3.8, 4) is 0 Å². The summed E-state index contributed by atoms with van der Waals surface area (Å²) < 4.78 is 32.1. The van der Waals surface area contributed by atoms with Crippen molar-refractivity contribution in [3.63, 3.8) is 0 Å². The molecule has 1 aromatic heterocycles. The van der Waals surface area contributed by atoms with E-state index in [0.717, 1.165) is 23.8 Å². The number of rotatable bonds is 10. The normalized spacial score (nSPS) is 19.9. The minimum Gasteiger partial charge on any atom is -0.438 e. The van der Waals surface area contributed by atoms with Gasteiger partial charge in [-0.15, -0.1) is 0 Å². The van der Waals surface area contributed by atoms with Crippen molar-refractivity contribution in [2.75, 3.05) is 6.54 Å². The number of nitrogens with zero attached hydrogens (tertiary/aromatic N) is 2.